The fourth-order valence-corrected chi connectivity index (χ4v) is 18.5. The van der Waals surface area contributed by atoms with Gasteiger partial charge in [-0.05, 0) is 296 Å². The standard InChI is InChI=1S/C32H10N6.C28H14N2.C27H13N3.C26H12N4/c1-36-30-28-13-26-22-9-18-7-5-4-6-17(18)8-21(22)23-10-19(14-33)20(15-34)11-24(23)25(26)12-27(28)29(16-35)31(37-2)32(30)38-3;29-15-21-13-27-25-11-19-7-3-1-5-17(19)9-23(25)24-10-18-6-2-4-8-20(18)12-26(24)28(27)14-22(21)16-30;28-14-19-12-23-21-9-16-5-1-2-6-17(16)10-22(21)24-11-18-7-3-4-8-26(18)30-27(24)25(23)13-20(19)15-29;27-13-17-11-20-19-9-15-5-1-2-6-16(15)10-21(19)25-26(22(20)12-18(17)14-28)30-24-8-4-3-7-23(24)29-25/h4-13H;1-14H;1-13H;1-12H. The first kappa shape index (κ1) is 75.6. The van der Waals surface area contributed by atoms with Crippen molar-refractivity contribution in [2.24, 2.45) is 0 Å². The summed E-state index contributed by atoms with van der Waals surface area (Å²) in [6.45, 7) is 23.0. The van der Waals surface area contributed by atoms with Gasteiger partial charge in [-0.1, -0.05) is 158 Å². The van der Waals surface area contributed by atoms with Crippen LogP contribution in [0.25, 0.3) is 231 Å². The summed E-state index contributed by atoms with van der Waals surface area (Å²) in [6, 6.07) is 118. The van der Waals surface area contributed by atoms with Gasteiger partial charge < -0.3 is 0 Å². The van der Waals surface area contributed by atoms with Crippen molar-refractivity contribution in [3.05, 3.63) is 382 Å². The highest BCUT2D eigenvalue weighted by Crippen LogP contribution is 2.51. The highest BCUT2D eigenvalue weighted by atomic mass is 14.8. The molecular weight excluding hydrogens is 1570 g/mol. The minimum Gasteiger partial charge on any atom is -0.262 e. The molecule has 0 bridgehead atoms. The summed E-state index contributed by atoms with van der Waals surface area (Å²) in [6.07, 6.45) is 0. The summed E-state index contributed by atoms with van der Waals surface area (Å²) >= 11 is 0. The minimum atomic E-state index is -0.138. The first-order valence-corrected chi connectivity index (χ1v) is 40.4. The molecule has 576 valence electrons. The van der Waals surface area contributed by atoms with Gasteiger partial charge in [0.25, 0.3) is 0 Å². The van der Waals surface area contributed by atoms with Gasteiger partial charge in [0.05, 0.1) is 109 Å². The van der Waals surface area contributed by atoms with Crippen molar-refractivity contribution in [1.82, 2.24) is 15.0 Å². The number of para-hydroxylation sites is 3. The molecule has 0 saturated carbocycles. The van der Waals surface area contributed by atoms with Crippen molar-refractivity contribution in [1.29, 1.82) is 47.4 Å². The number of hydrogen-bond acceptors (Lipinski definition) is 12. The number of pyridine rings is 1. The Balaban J connectivity index is 0.000000104. The second-order valence-corrected chi connectivity index (χ2v) is 31.2. The summed E-state index contributed by atoms with van der Waals surface area (Å²) in [7, 11) is 0. The van der Waals surface area contributed by atoms with Gasteiger partial charge in [0.2, 0.25) is 11.4 Å². The number of aromatic nitrogens is 3. The molecule has 128 heavy (non-hydrogen) atoms. The van der Waals surface area contributed by atoms with E-state index in [1.54, 1.807) is 30.3 Å². The van der Waals surface area contributed by atoms with Gasteiger partial charge in [0.15, 0.2) is 5.69 Å². The lowest BCUT2D eigenvalue weighted by Crippen LogP contribution is -1.93. The Labute approximate surface area is 727 Å². The van der Waals surface area contributed by atoms with E-state index in [9.17, 15) is 47.4 Å². The van der Waals surface area contributed by atoms with Crippen LogP contribution in [0.15, 0.2) is 297 Å². The van der Waals surface area contributed by atoms with E-state index in [0.29, 0.717) is 49.5 Å². The Morgan fingerprint density at radius 2 is 0.367 bits per heavy atom. The van der Waals surface area contributed by atoms with Crippen LogP contribution in [0.1, 0.15) is 50.1 Å². The molecule has 24 aromatic rings. The Morgan fingerprint density at radius 1 is 0.172 bits per heavy atom. The molecule has 0 aliphatic rings. The van der Waals surface area contributed by atoms with Crippen molar-refractivity contribution >= 4 is 233 Å². The van der Waals surface area contributed by atoms with E-state index in [0.717, 1.165) is 189 Å². The lowest BCUT2D eigenvalue weighted by Gasteiger charge is -2.16. The fourth-order valence-electron chi connectivity index (χ4n) is 18.5. The Bertz CT molecular complexity index is 8890. The maximum absolute atomic E-state index is 10.0. The quantitative estimate of drug-likeness (QED) is 0.0779. The second kappa shape index (κ2) is 30.1. The number of nitriles is 9. The number of hydrogen-bond donors (Lipinski definition) is 0. The molecule has 0 fully saturated rings. The molecule has 0 spiro atoms. The van der Waals surface area contributed by atoms with E-state index in [1.807, 2.05) is 140 Å². The third kappa shape index (κ3) is 12.0. The van der Waals surface area contributed by atoms with Crippen LogP contribution in [0, 0.1) is 122 Å². The first-order valence-electron chi connectivity index (χ1n) is 40.4. The van der Waals surface area contributed by atoms with Gasteiger partial charge in [-0.3, -0.25) is 14.5 Å². The fraction of sp³-hybridized carbons (Fsp3) is 0. The number of benzene rings is 22. The average Bonchev–Trinajstić information content (AvgIpc) is 0.705. The minimum absolute atomic E-state index is 0.0356. The SMILES string of the molecule is N#Cc1cc2c(cc1C#N)c1cc3ccccc3cc1c1cc3ccccc3cc21.N#Cc1cc2c3cc4ccccc4cc3c3cc4ccccc4nc3c2cc1C#N.N#Cc1cc2c3cc4ccccc4cc3c3nc4ccccc4nc3c2cc1C#N.[C-]#[N+]c1c([N+]#[C-])c([N+]#[C-])c2cc3c4cc5ccccc5cc4c4cc(C#N)c(C#N)cc4c3cc2c1C#N. The van der Waals surface area contributed by atoms with E-state index in [-0.39, 0.29) is 33.8 Å². The van der Waals surface area contributed by atoms with Crippen LogP contribution >= 0.6 is 0 Å². The van der Waals surface area contributed by atoms with Crippen LogP contribution in [0.4, 0.5) is 17.1 Å². The second-order valence-electron chi connectivity index (χ2n) is 31.2. The van der Waals surface area contributed by atoms with Crippen LogP contribution in [0.3, 0.4) is 0 Å². The van der Waals surface area contributed by atoms with Gasteiger partial charge in [0, 0.05) is 26.9 Å². The van der Waals surface area contributed by atoms with Crippen molar-refractivity contribution in [2.45, 2.75) is 0 Å². The Kier molecular flexibility index (Phi) is 17.8. The van der Waals surface area contributed by atoms with Crippen molar-refractivity contribution in [3.8, 4) is 54.6 Å². The zero-order chi connectivity index (χ0) is 87.3. The molecule has 15 nitrogen and oxygen atoms in total. The summed E-state index contributed by atoms with van der Waals surface area (Å²) < 4.78 is 0. The third-order valence-electron chi connectivity index (χ3n) is 24.5. The zero-order valence-corrected chi connectivity index (χ0v) is 67.0. The van der Waals surface area contributed by atoms with Crippen LogP contribution in [-0.4, -0.2) is 15.0 Å². The largest absolute Gasteiger partial charge is 0.262 e. The van der Waals surface area contributed by atoms with Gasteiger partial charge in [-0.2, -0.15) is 47.4 Å². The molecule has 0 amide bonds. The molecule has 0 atom stereocenters. The van der Waals surface area contributed by atoms with Crippen LogP contribution < -0.4 is 0 Å². The van der Waals surface area contributed by atoms with Gasteiger partial charge in [0.1, 0.15) is 48.6 Å². The van der Waals surface area contributed by atoms with E-state index >= 15 is 0 Å². The van der Waals surface area contributed by atoms with Crippen LogP contribution in [0.2, 0.25) is 0 Å². The lowest BCUT2D eigenvalue weighted by molar-refractivity contribution is 1.41. The molecule has 2 aromatic heterocycles. The Hall–Kier alpha value is -19.8. The molecule has 0 saturated heterocycles. The third-order valence-corrected chi connectivity index (χ3v) is 24.5. The van der Waals surface area contributed by atoms with Gasteiger partial charge in [-0.25, -0.2) is 15.0 Å². The van der Waals surface area contributed by atoms with Gasteiger partial charge in [-0.15, -0.1) is 0 Å². The maximum atomic E-state index is 10.0. The number of fused-ring (bicyclic) bond motifs is 32. The lowest BCUT2D eigenvalue weighted by atomic mass is 9.87. The van der Waals surface area contributed by atoms with Gasteiger partial charge >= 0.3 is 0 Å². The van der Waals surface area contributed by atoms with Crippen molar-refractivity contribution < 1.29 is 0 Å². The highest BCUT2D eigenvalue weighted by molar-refractivity contribution is 6.34. The predicted octanol–water partition coefficient (Wildman–Crippen LogP) is 28.5. The predicted molar refractivity (Wildman–Crippen MR) is 510 cm³/mol. The van der Waals surface area contributed by atoms with Crippen molar-refractivity contribution in [2.75, 3.05) is 0 Å². The van der Waals surface area contributed by atoms with Crippen LogP contribution in [-0.2, 0) is 0 Å². The van der Waals surface area contributed by atoms with E-state index < -0.39 is 0 Å². The summed E-state index contributed by atoms with van der Waals surface area (Å²) in [5.74, 6) is 0. The molecule has 0 N–H and O–H groups in total. The molecular formula is C113H49N15. The molecule has 0 aliphatic carbocycles. The molecule has 0 unspecified atom stereocenters. The zero-order valence-electron chi connectivity index (χ0n) is 67.0. The highest BCUT2D eigenvalue weighted by Gasteiger charge is 2.25. The number of nitrogens with zero attached hydrogens (tertiary/aromatic N) is 15. The average molecular weight is 1620 g/mol. The topological polar surface area (TPSA) is 266 Å². The van der Waals surface area contributed by atoms with Crippen LogP contribution in [0.5, 0.6) is 0 Å². The Morgan fingerprint density at radius 3 is 0.656 bits per heavy atom. The molecule has 0 aliphatic heterocycles. The van der Waals surface area contributed by atoms with Crippen molar-refractivity contribution in [3.63, 3.8) is 0 Å². The van der Waals surface area contributed by atoms with E-state index in [1.165, 1.54) is 10.8 Å². The molecule has 24 rings (SSSR count). The monoisotopic (exact) mass is 1620 g/mol. The maximum Gasteiger partial charge on any atom is 0.202 e. The normalized spacial score (nSPS) is 11.0. The molecule has 2 heterocycles. The summed E-state index contributed by atoms with van der Waals surface area (Å²) in [5, 5.41) is 120. The summed E-state index contributed by atoms with van der Waals surface area (Å²) in [5.41, 5.74) is 7.56. The first-order chi connectivity index (χ1) is 62.9. The molecule has 22 aromatic carbocycles. The number of rotatable bonds is 0. The van der Waals surface area contributed by atoms with E-state index in [4.69, 9.17) is 34.7 Å². The summed E-state index contributed by atoms with van der Waals surface area (Å²) in [4.78, 5) is 25.3. The van der Waals surface area contributed by atoms with E-state index in [2.05, 4.69) is 197 Å². The molecule has 15 heteroatoms. The smallest absolute Gasteiger partial charge is 0.202 e. The molecule has 0 radical (unpaired) electrons.